The van der Waals surface area contributed by atoms with Gasteiger partial charge in [-0.1, -0.05) is 0 Å². The fourth-order valence-corrected chi connectivity index (χ4v) is 2.13. The van der Waals surface area contributed by atoms with Crippen LogP contribution in [0.3, 0.4) is 0 Å². The number of benzene rings is 1. The lowest BCUT2D eigenvalue weighted by Crippen LogP contribution is -2.19. The zero-order chi connectivity index (χ0) is 10.1. The molecule has 3 heteroatoms. The Kier molecular flexibility index (Phi) is 2.14. The third-order valence-corrected chi connectivity index (χ3v) is 2.74. The first kappa shape index (κ1) is 9.04. The molecule has 14 heavy (non-hydrogen) atoms. The van der Waals surface area contributed by atoms with E-state index in [2.05, 4.69) is 6.07 Å². The number of nitrogen functional groups attached to an aromatic ring is 1. The molecule has 3 nitrogen and oxygen atoms in total. The number of nitriles is 1. The van der Waals surface area contributed by atoms with Crippen LogP contribution >= 0.6 is 0 Å². The number of anilines is 1. The fraction of sp³-hybridized carbons (Fsp3) is 0.364. The lowest BCUT2D eigenvalue weighted by molar-refractivity contribution is 0.569. The molecule has 0 amide bonds. The Morgan fingerprint density at radius 1 is 1.43 bits per heavy atom. The van der Waals surface area contributed by atoms with Gasteiger partial charge >= 0.3 is 0 Å². The number of hydrogen-bond donors (Lipinski definition) is 2. The predicted octanol–water partition coefficient (Wildman–Crippen LogP) is 1.48. The second-order valence-corrected chi connectivity index (χ2v) is 3.75. The van der Waals surface area contributed by atoms with Crippen LogP contribution in [0.4, 0.5) is 5.69 Å². The second kappa shape index (κ2) is 3.32. The Hall–Kier alpha value is -1.53. The van der Waals surface area contributed by atoms with Crippen molar-refractivity contribution >= 4 is 5.69 Å². The molecule has 4 N–H and O–H groups in total. The number of aryl methyl sites for hydroxylation is 1. The summed E-state index contributed by atoms with van der Waals surface area (Å²) < 4.78 is 0. The van der Waals surface area contributed by atoms with Crippen molar-refractivity contribution in [3.8, 4) is 6.07 Å². The van der Waals surface area contributed by atoms with Crippen LogP contribution in [0.5, 0.6) is 0 Å². The molecule has 0 heterocycles. The number of hydrogen-bond acceptors (Lipinski definition) is 3. The highest BCUT2D eigenvalue weighted by atomic mass is 14.6. The summed E-state index contributed by atoms with van der Waals surface area (Å²) in [6, 6.07) is 5.83. The molecule has 1 aliphatic rings. The maximum atomic E-state index is 8.97. The van der Waals surface area contributed by atoms with E-state index in [-0.39, 0.29) is 6.04 Å². The van der Waals surface area contributed by atoms with Gasteiger partial charge in [0, 0.05) is 11.7 Å². The summed E-state index contributed by atoms with van der Waals surface area (Å²) in [5.74, 6) is 0. The molecule has 0 unspecified atom stereocenters. The Bertz CT molecular complexity index is 404. The third kappa shape index (κ3) is 1.34. The van der Waals surface area contributed by atoms with Gasteiger partial charge in [-0.2, -0.15) is 5.26 Å². The van der Waals surface area contributed by atoms with Crippen LogP contribution in [0.2, 0.25) is 0 Å². The van der Waals surface area contributed by atoms with Gasteiger partial charge in [-0.25, -0.2) is 0 Å². The first-order chi connectivity index (χ1) is 6.72. The molecule has 0 fully saturated rings. The molecule has 0 saturated carbocycles. The van der Waals surface area contributed by atoms with Crippen molar-refractivity contribution in [2.75, 3.05) is 5.73 Å². The number of nitrogens with zero attached hydrogens (tertiary/aromatic N) is 1. The summed E-state index contributed by atoms with van der Waals surface area (Å²) in [4.78, 5) is 0. The molecule has 1 aromatic rings. The second-order valence-electron chi connectivity index (χ2n) is 3.75. The van der Waals surface area contributed by atoms with E-state index >= 15 is 0 Å². The van der Waals surface area contributed by atoms with Crippen molar-refractivity contribution in [1.29, 1.82) is 5.26 Å². The van der Waals surface area contributed by atoms with Crippen LogP contribution in [-0.4, -0.2) is 0 Å². The SMILES string of the molecule is N#Cc1cc(N)cc2c1[C@H](N)CCC2. The van der Waals surface area contributed by atoms with Gasteiger partial charge in [-0.3, -0.25) is 0 Å². The van der Waals surface area contributed by atoms with Gasteiger partial charge in [0.1, 0.15) is 0 Å². The summed E-state index contributed by atoms with van der Waals surface area (Å²) >= 11 is 0. The molecule has 0 aliphatic heterocycles. The van der Waals surface area contributed by atoms with E-state index in [1.54, 1.807) is 6.07 Å². The summed E-state index contributed by atoms with van der Waals surface area (Å²) in [6.07, 6.45) is 3.04. The fourth-order valence-electron chi connectivity index (χ4n) is 2.13. The zero-order valence-electron chi connectivity index (χ0n) is 7.96. The highest BCUT2D eigenvalue weighted by molar-refractivity contribution is 5.55. The summed E-state index contributed by atoms with van der Waals surface area (Å²) in [5.41, 5.74) is 15.2. The normalized spacial score (nSPS) is 19.9. The summed E-state index contributed by atoms with van der Waals surface area (Å²) in [7, 11) is 0. The van der Waals surface area contributed by atoms with E-state index in [1.165, 1.54) is 0 Å². The van der Waals surface area contributed by atoms with Crippen molar-refractivity contribution in [1.82, 2.24) is 0 Å². The standard InChI is InChI=1S/C11H13N3/c12-6-8-5-9(13)4-7-2-1-3-10(14)11(7)8/h4-5,10H,1-3,13-14H2/t10-/m1/s1. The molecule has 72 valence electrons. The van der Waals surface area contributed by atoms with Crippen molar-refractivity contribution in [3.05, 3.63) is 28.8 Å². The summed E-state index contributed by atoms with van der Waals surface area (Å²) in [6.45, 7) is 0. The van der Waals surface area contributed by atoms with Gasteiger partial charge in [0.15, 0.2) is 0 Å². The number of nitrogens with two attached hydrogens (primary N) is 2. The molecule has 0 bridgehead atoms. The number of rotatable bonds is 0. The average molecular weight is 187 g/mol. The van der Waals surface area contributed by atoms with E-state index in [9.17, 15) is 0 Å². The van der Waals surface area contributed by atoms with Crippen LogP contribution in [-0.2, 0) is 6.42 Å². The van der Waals surface area contributed by atoms with Crippen LogP contribution in [0.25, 0.3) is 0 Å². The Balaban J connectivity index is 2.63. The molecule has 0 saturated heterocycles. The first-order valence-corrected chi connectivity index (χ1v) is 4.80. The van der Waals surface area contributed by atoms with Crippen molar-refractivity contribution in [3.63, 3.8) is 0 Å². The molecular weight excluding hydrogens is 174 g/mol. The smallest absolute Gasteiger partial charge is 0.0996 e. The van der Waals surface area contributed by atoms with Gasteiger partial charge in [0.05, 0.1) is 11.6 Å². The van der Waals surface area contributed by atoms with Gasteiger partial charge in [0.25, 0.3) is 0 Å². The molecule has 0 aromatic heterocycles. The molecular formula is C11H13N3. The molecule has 0 spiro atoms. The third-order valence-electron chi connectivity index (χ3n) is 2.74. The molecule has 1 atom stereocenters. The van der Waals surface area contributed by atoms with Crippen molar-refractivity contribution < 1.29 is 0 Å². The van der Waals surface area contributed by atoms with E-state index in [0.717, 1.165) is 30.4 Å². The van der Waals surface area contributed by atoms with Crippen molar-refractivity contribution in [2.24, 2.45) is 5.73 Å². The van der Waals surface area contributed by atoms with Crippen LogP contribution in [0, 0.1) is 11.3 Å². The molecule has 1 aromatic carbocycles. The quantitative estimate of drug-likeness (QED) is 0.604. The van der Waals surface area contributed by atoms with Crippen LogP contribution in [0.1, 0.15) is 35.6 Å². The predicted molar refractivity (Wildman–Crippen MR) is 55.4 cm³/mol. The van der Waals surface area contributed by atoms with Gasteiger partial charge in [0.2, 0.25) is 0 Å². The van der Waals surface area contributed by atoms with Gasteiger partial charge in [-0.05, 0) is 42.5 Å². The topological polar surface area (TPSA) is 75.8 Å². The van der Waals surface area contributed by atoms with E-state index < -0.39 is 0 Å². The zero-order valence-corrected chi connectivity index (χ0v) is 7.96. The molecule has 0 radical (unpaired) electrons. The Labute approximate surface area is 83.3 Å². The van der Waals surface area contributed by atoms with Gasteiger partial charge in [-0.15, -0.1) is 0 Å². The van der Waals surface area contributed by atoms with Gasteiger partial charge < -0.3 is 11.5 Å². The summed E-state index contributed by atoms with van der Waals surface area (Å²) in [5, 5.41) is 8.97. The lowest BCUT2D eigenvalue weighted by atomic mass is 9.85. The van der Waals surface area contributed by atoms with E-state index in [1.807, 2.05) is 6.07 Å². The Morgan fingerprint density at radius 2 is 2.21 bits per heavy atom. The lowest BCUT2D eigenvalue weighted by Gasteiger charge is -2.23. The van der Waals surface area contributed by atoms with E-state index in [4.69, 9.17) is 16.7 Å². The maximum absolute atomic E-state index is 8.97. The first-order valence-electron chi connectivity index (χ1n) is 4.80. The minimum Gasteiger partial charge on any atom is -0.399 e. The Morgan fingerprint density at radius 3 is 2.93 bits per heavy atom. The minimum atomic E-state index is 0.00833. The maximum Gasteiger partial charge on any atom is 0.0996 e. The molecule has 2 rings (SSSR count). The highest BCUT2D eigenvalue weighted by Gasteiger charge is 2.20. The monoisotopic (exact) mass is 187 g/mol. The largest absolute Gasteiger partial charge is 0.399 e. The minimum absolute atomic E-state index is 0.00833. The van der Waals surface area contributed by atoms with Crippen LogP contribution in [0.15, 0.2) is 12.1 Å². The highest BCUT2D eigenvalue weighted by Crippen LogP contribution is 2.32. The molecule has 1 aliphatic carbocycles. The number of fused-ring (bicyclic) bond motifs is 1. The van der Waals surface area contributed by atoms with Crippen molar-refractivity contribution in [2.45, 2.75) is 25.3 Å². The average Bonchev–Trinajstić information content (AvgIpc) is 2.16. The van der Waals surface area contributed by atoms with Crippen LogP contribution < -0.4 is 11.5 Å². The van der Waals surface area contributed by atoms with E-state index in [0.29, 0.717) is 11.3 Å².